The summed E-state index contributed by atoms with van der Waals surface area (Å²) in [6, 6.07) is 0.110. The molecule has 0 bridgehead atoms. The third kappa shape index (κ3) is 6.13. The average Bonchev–Trinajstić information content (AvgIpc) is 3.08. The predicted molar refractivity (Wildman–Crippen MR) is 88.8 cm³/mol. The molecule has 0 aromatic carbocycles. The van der Waals surface area contributed by atoms with Gasteiger partial charge in [0.05, 0.1) is 6.10 Å². The van der Waals surface area contributed by atoms with E-state index < -0.39 is 6.10 Å². The molecule has 0 radical (unpaired) electrons. The third-order valence-corrected chi connectivity index (χ3v) is 4.84. The van der Waals surface area contributed by atoms with E-state index in [9.17, 15) is 9.90 Å². The fourth-order valence-corrected chi connectivity index (χ4v) is 3.75. The number of hydrogen-bond donors (Lipinski definition) is 3. The molecule has 1 aliphatic heterocycles. The van der Waals surface area contributed by atoms with Gasteiger partial charge in [-0.1, -0.05) is 26.7 Å². The van der Waals surface area contributed by atoms with Crippen LogP contribution < -0.4 is 10.6 Å². The Labute approximate surface area is 134 Å². The average molecular weight is 311 g/mol. The Balaban J connectivity index is 1.59. The number of carbonyl (C=O) groups is 1. The minimum atomic E-state index is -0.451. The Kier molecular flexibility index (Phi) is 6.96. The quantitative estimate of drug-likeness (QED) is 0.673. The van der Waals surface area contributed by atoms with Crippen molar-refractivity contribution in [3.63, 3.8) is 0 Å². The summed E-state index contributed by atoms with van der Waals surface area (Å²) in [4.78, 5) is 14.4. The van der Waals surface area contributed by atoms with Crippen LogP contribution in [-0.4, -0.2) is 54.4 Å². The second-order valence-electron chi connectivity index (χ2n) is 7.53. The SMILES string of the molecule is CC(C)CC(O)CNC(=O)NC1CCN(CC2CCCC2)C1. The van der Waals surface area contributed by atoms with Crippen LogP contribution >= 0.6 is 0 Å². The van der Waals surface area contributed by atoms with Gasteiger partial charge >= 0.3 is 6.03 Å². The van der Waals surface area contributed by atoms with Gasteiger partial charge in [0.15, 0.2) is 0 Å². The van der Waals surface area contributed by atoms with Gasteiger partial charge < -0.3 is 20.6 Å². The molecule has 3 N–H and O–H groups in total. The highest BCUT2D eigenvalue weighted by molar-refractivity contribution is 5.74. The van der Waals surface area contributed by atoms with Gasteiger partial charge in [0.2, 0.25) is 0 Å². The van der Waals surface area contributed by atoms with Crippen molar-refractivity contribution < 1.29 is 9.90 Å². The van der Waals surface area contributed by atoms with Crippen molar-refractivity contribution in [3.8, 4) is 0 Å². The Morgan fingerprint density at radius 1 is 1.27 bits per heavy atom. The normalized spacial score (nSPS) is 24.8. The van der Waals surface area contributed by atoms with E-state index in [2.05, 4.69) is 29.4 Å². The van der Waals surface area contributed by atoms with Crippen molar-refractivity contribution in [3.05, 3.63) is 0 Å². The molecule has 2 rings (SSSR count). The Hall–Kier alpha value is -0.810. The van der Waals surface area contributed by atoms with Gasteiger partial charge in [-0.3, -0.25) is 0 Å². The lowest BCUT2D eigenvalue weighted by Gasteiger charge is -2.20. The Morgan fingerprint density at radius 2 is 2.00 bits per heavy atom. The second kappa shape index (κ2) is 8.73. The lowest BCUT2D eigenvalue weighted by Crippen LogP contribution is -2.45. The maximum atomic E-state index is 11.9. The molecule has 2 atom stereocenters. The summed E-state index contributed by atoms with van der Waals surface area (Å²) in [5.41, 5.74) is 0. The summed E-state index contributed by atoms with van der Waals surface area (Å²) in [6.07, 6.45) is 6.84. The number of urea groups is 1. The number of hydrogen-bond acceptors (Lipinski definition) is 3. The van der Waals surface area contributed by atoms with E-state index in [4.69, 9.17) is 0 Å². The third-order valence-electron chi connectivity index (χ3n) is 4.84. The van der Waals surface area contributed by atoms with E-state index in [0.29, 0.717) is 12.5 Å². The molecule has 1 saturated heterocycles. The number of carbonyl (C=O) groups excluding carboxylic acids is 1. The van der Waals surface area contributed by atoms with Crippen molar-refractivity contribution in [2.24, 2.45) is 11.8 Å². The fraction of sp³-hybridized carbons (Fsp3) is 0.941. The molecule has 1 aliphatic carbocycles. The van der Waals surface area contributed by atoms with Gasteiger partial charge in [-0.15, -0.1) is 0 Å². The van der Waals surface area contributed by atoms with Gasteiger partial charge in [-0.05, 0) is 37.5 Å². The second-order valence-corrected chi connectivity index (χ2v) is 7.53. The number of aliphatic hydroxyl groups excluding tert-OH is 1. The van der Waals surface area contributed by atoms with Crippen molar-refractivity contribution in [2.45, 2.75) is 64.5 Å². The van der Waals surface area contributed by atoms with Crippen molar-refractivity contribution in [1.29, 1.82) is 0 Å². The lowest BCUT2D eigenvalue weighted by atomic mass is 10.1. The molecule has 128 valence electrons. The summed E-state index contributed by atoms with van der Waals surface area (Å²) >= 11 is 0. The first kappa shape index (κ1) is 17.5. The van der Waals surface area contributed by atoms with E-state index in [0.717, 1.165) is 31.8 Å². The van der Waals surface area contributed by atoms with Crippen LogP contribution in [0.15, 0.2) is 0 Å². The van der Waals surface area contributed by atoms with E-state index in [-0.39, 0.29) is 12.1 Å². The minimum Gasteiger partial charge on any atom is -0.391 e. The fourth-order valence-electron chi connectivity index (χ4n) is 3.75. The zero-order chi connectivity index (χ0) is 15.9. The van der Waals surface area contributed by atoms with Gasteiger partial charge in [0, 0.05) is 32.2 Å². The van der Waals surface area contributed by atoms with E-state index in [1.165, 1.54) is 32.2 Å². The smallest absolute Gasteiger partial charge is 0.315 e. The van der Waals surface area contributed by atoms with Crippen molar-refractivity contribution >= 4 is 6.03 Å². The summed E-state index contributed by atoms with van der Waals surface area (Å²) in [6.45, 7) is 7.74. The highest BCUT2D eigenvalue weighted by Crippen LogP contribution is 2.26. The number of likely N-dealkylation sites (tertiary alicyclic amines) is 1. The molecule has 0 aromatic rings. The first-order chi connectivity index (χ1) is 10.5. The summed E-state index contributed by atoms with van der Waals surface area (Å²) in [5, 5.41) is 15.6. The number of nitrogens with one attached hydrogen (secondary N) is 2. The van der Waals surface area contributed by atoms with E-state index in [1.54, 1.807) is 0 Å². The van der Waals surface area contributed by atoms with E-state index >= 15 is 0 Å². The molecule has 22 heavy (non-hydrogen) atoms. The molecule has 1 saturated carbocycles. The molecule has 5 nitrogen and oxygen atoms in total. The maximum absolute atomic E-state index is 11.9. The minimum absolute atomic E-state index is 0.143. The Bertz CT molecular complexity index is 343. The summed E-state index contributed by atoms with van der Waals surface area (Å²) in [5.74, 6) is 1.32. The van der Waals surface area contributed by atoms with Crippen LogP contribution in [0.5, 0.6) is 0 Å². The first-order valence-corrected chi connectivity index (χ1v) is 8.97. The number of amides is 2. The molecule has 0 spiro atoms. The number of nitrogens with zero attached hydrogens (tertiary/aromatic N) is 1. The van der Waals surface area contributed by atoms with Crippen molar-refractivity contribution in [1.82, 2.24) is 15.5 Å². The van der Waals surface area contributed by atoms with Crippen LogP contribution in [0.2, 0.25) is 0 Å². The van der Waals surface area contributed by atoms with Crippen LogP contribution in [0.1, 0.15) is 52.4 Å². The van der Waals surface area contributed by atoms with Crippen LogP contribution in [0, 0.1) is 11.8 Å². The highest BCUT2D eigenvalue weighted by atomic mass is 16.3. The molecule has 1 heterocycles. The molecular weight excluding hydrogens is 278 g/mol. The van der Waals surface area contributed by atoms with Crippen molar-refractivity contribution in [2.75, 3.05) is 26.2 Å². The maximum Gasteiger partial charge on any atom is 0.315 e. The molecule has 2 fully saturated rings. The molecule has 5 heteroatoms. The molecule has 0 aromatic heterocycles. The topological polar surface area (TPSA) is 64.6 Å². The standard InChI is InChI=1S/C17H33N3O2/c1-13(2)9-16(21)10-18-17(22)19-15-7-8-20(12-15)11-14-5-3-4-6-14/h13-16,21H,3-12H2,1-2H3,(H2,18,19,22). The van der Waals surface area contributed by atoms with E-state index in [1.807, 2.05) is 0 Å². The van der Waals surface area contributed by atoms with Gasteiger partial charge in [0.1, 0.15) is 0 Å². The van der Waals surface area contributed by atoms with Gasteiger partial charge in [-0.2, -0.15) is 0 Å². The molecule has 2 aliphatic rings. The van der Waals surface area contributed by atoms with Crippen LogP contribution in [-0.2, 0) is 0 Å². The number of rotatable bonds is 7. The lowest BCUT2D eigenvalue weighted by molar-refractivity contribution is 0.146. The van der Waals surface area contributed by atoms with Crippen LogP contribution in [0.25, 0.3) is 0 Å². The van der Waals surface area contributed by atoms with Gasteiger partial charge in [-0.25, -0.2) is 4.79 Å². The van der Waals surface area contributed by atoms with Crippen LogP contribution in [0.3, 0.4) is 0 Å². The monoisotopic (exact) mass is 311 g/mol. The Morgan fingerprint density at radius 3 is 2.68 bits per heavy atom. The first-order valence-electron chi connectivity index (χ1n) is 8.97. The zero-order valence-electron chi connectivity index (χ0n) is 14.2. The summed E-state index contributed by atoms with van der Waals surface area (Å²) in [7, 11) is 0. The molecule has 2 unspecified atom stereocenters. The largest absolute Gasteiger partial charge is 0.391 e. The zero-order valence-corrected chi connectivity index (χ0v) is 14.2. The molecule has 2 amide bonds. The summed E-state index contributed by atoms with van der Waals surface area (Å²) < 4.78 is 0. The molecular formula is C17H33N3O2. The predicted octanol–water partition coefficient (Wildman–Crippen LogP) is 1.96. The number of aliphatic hydroxyl groups is 1. The van der Waals surface area contributed by atoms with Crippen LogP contribution in [0.4, 0.5) is 4.79 Å². The highest BCUT2D eigenvalue weighted by Gasteiger charge is 2.26. The van der Waals surface area contributed by atoms with Gasteiger partial charge in [0.25, 0.3) is 0 Å².